The highest BCUT2D eigenvalue weighted by Crippen LogP contribution is 2.34. The lowest BCUT2D eigenvalue weighted by Gasteiger charge is -2.36. The summed E-state index contributed by atoms with van der Waals surface area (Å²) in [6, 6.07) is -0.290. The predicted octanol–water partition coefficient (Wildman–Crippen LogP) is 3.74. The van der Waals surface area contributed by atoms with Crippen LogP contribution in [0, 0.1) is 5.92 Å². The summed E-state index contributed by atoms with van der Waals surface area (Å²) in [5.41, 5.74) is 1.73. The molecule has 2 heterocycles. The smallest absolute Gasteiger partial charge is 0.410 e. The minimum atomic E-state index is -3.55. The van der Waals surface area contributed by atoms with E-state index in [0.717, 1.165) is 11.4 Å². The molecule has 26 heavy (non-hydrogen) atoms. The number of carbonyl (C=O) groups excluding carboxylic acids is 1. The fraction of sp³-hybridized carbons (Fsp3) is 0.714. The molecule has 1 aliphatic heterocycles. The van der Waals surface area contributed by atoms with Crippen LogP contribution in [-0.2, 0) is 11.2 Å². The van der Waals surface area contributed by atoms with Crippen molar-refractivity contribution in [2.45, 2.75) is 37.1 Å². The van der Waals surface area contributed by atoms with Gasteiger partial charge in [-0.2, -0.15) is 17.6 Å². The van der Waals surface area contributed by atoms with Crippen molar-refractivity contribution < 1.29 is 32.2 Å². The molecule has 150 valence electrons. The van der Waals surface area contributed by atoms with Gasteiger partial charge in [-0.3, -0.25) is 4.90 Å². The molecule has 1 unspecified atom stereocenters. The molecule has 0 radical (unpaired) electrons. The molecule has 1 aromatic rings. The second-order valence-electron chi connectivity index (χ2n) is 5.84. The molecule has 6 nitrogen and oxygen atoms in total. The molecule has 12 heteroatoms. The van der Waals surface area contributed by atoms with Crippen LogP contribution in [0.4, 0.5) is 22.4 Å². The average Bonchev–Trinajstić information content (AvgIpc) is 2.99. The standard InChI is InChI=1S/C12H16ClF2N3O2.C2H3ClF2O/c1-7(2)10-9-8(16-6-17-9)3-4-18(10)11(19)20-5-12(13,14)15;3-2(4,5)1-6/h6-7,10H,3-5H2,1-2H3,(H,16,17);6H,1H2. The van der Waals surface area contributed by atoms with E-state index in [1.165, 1.54) is 4.90 Å². The maximum atomic E-state index is 12.5. The molecule has 0 spiro atoms. The number of alkyl halides is 6. The minimum absolute atomic E-state index is 0.0846. The van der Waals surface area contributed by atoms with Crippen LogP contribution in [0.2, 0.25) is 0 Å². The van der Waals surface area contributed by atoms with Gasteiger partial charge in [0.25, 0.3) is 0 Å². The summed E-state index contributed by atoms with van der Waals surface area (Å²) in [5.74, 6) is 0.0846. The number of ether oxygens (including phenoxy) is 1. The molecule has 0 saturated carbocycles. The zero-order chi connectivity index (χ0) is 20.1. The van der Waals surface area contributed by atoms with Gasteiger partial charge in [0.05, 0.1) is 18.1 Å². The van der Waals surface area contributed by atoms with Gasteiger partial charge in [-0.05, 0) is 29.1 Å². The Morgan fingerprint density at radius 3 is 2.46 bits per heavy atom. The summed E-state index contributed by atoms with van der Waals surface area (Å²) in [5, 5.41) is 0.545. The number of aromatic amines is 1. The van der Waals surface area contributed by atoms with Crippen molar-refractivity contribution in [2.75, 3.05) is 19.8 Å². The number of hydrogen-bond donors (Lipinski definition) is 2. The molecular formula is C14H19Cl2F4N3O3. The molecule has 1 aromatic heterocycles. The van der Waals surface area contributed by atoms with E-state index in [1.54, 1.807) is 6.33 Å². The number of aliphatic hydroxyl groups excluding tert-OH is 1. The molecule has 1 atom stereocenters. The molecule has 1 amide bonds. The quantitative estimate of drug-likeness (QED) is 0.570. The van der Waals surface area contributed by atoms with Gasteiger partial charge < -0.3 is 14.8 Å². The zero-order valence-corrected chi connectivity index (χ0v) is 15.5. The number of halogens is 6. The number of aromatic nitrogens is 2. The zero-order valence-electron chi connectivity index (χ0n) is 14.0. The summed E-state index contributed by atoms with van der Waals surface area (Å²) < 4.78 is 51.6. The number of hydrogen-bond acceptors (Lipinski definition) is 4. The summed E-state index contributed by atoms with van der Waals surface area (Å²) in [6.07, 6.45) is 1.37. The molecule has 0 aliphatic carbocycles. The third-order valence-electron chi connectivity index (χ3n) is 3.37. The predicted molar refractivity (Wildman–Crippen MR) is 86.6 cm³/mol. The van der Waals surface area contributed by atoms with Gasteiger partial charge >= 0.3 is 16.9 Å². The summed E-state index contributed by atoms with van der Waals surface area (Å²) in [6.45, 7) is 1.83. The lowest BCUT2D eigenvalue weighted by atomic mass is 9.94. The van der Waals surface area contributed by atoms with Crippen LogP contribution in [0.1, 0.15) is 31.3 Å². The largest absolute Gasteiger partial charge is 0.442 e. The maximum absolute atomic E-state index is 12.5. The Hall–Kier alpha value is -1.26. The van der Waals surface area contributed by atoms with Crippen LogP contribution in [0.5, 0.6) is 0 Å². The number of nitrogens with one attached hydrogen (secondary N) is 1. The van der Waals surface area contributed by atoms with Crippen molar-refractivity contribution in [3.63, 3.8) is 0 Å². The molecule has 2 N–H and O–H groups in total. The highest BCUT2D eigenvalue weighted by atomic mass is 35.5. The van der Waals surface area contributed by atoms with Crippen molar-refractivity contribution in [3.8, 4) is 0 Å². The molecule has 0 fully saturated rings. The first-order chi connectivity index (χ1) is 11.9. The van der Waals surface area contributed by atoms with Gasteiger partial charge in [0.15, 0.2) is 6.61 Å². The first-order valence-corrected chi connectivity index (χ1v) is 8.31. The van der Waals surface area contributed by atoms with Crippen molar-refractivity contribution >= 4 is 29.3 Å². The lowest BCUT2D eigenvalue weighted by molar-refractivity contribution is -0.00498. The number of H-pyrrole nitrogens is 1. The van der Waals surface area contributed by atoms with Crippen LogP contribution in [0.3, 0.4) is 0 Å². The molecule has 0 saturated heterocycles. The monoisotopic (exact) mass is 423 g/mol. The van der Waals surface area contributed by atoms with Crippen molar-refractivity contribution in [1.29, 1.82) is 0 Å². The van der Waals surface area contributed by atoms with Crippen LogP contribution in [0.25, 0.3) is 0 Å². The number of amides is 1. The van der Waals surface area contributed by atoms with Crippen molar-refractivity contribution in [2.24, 2.45) is 5.92 Å². The van der Waals surface area contributed by atoms with Gasteiger partial charge in [-0.1, -0.05) is 13.8 Å². The van der Waals surface area contributed by atoms with E-state index in [9.17, 15) is 22.4 Å². The number of nitrogens with zero attached hydrogens (tertiary/aromatic N) is 2. The fourth-order valence-electron chi connectivity index (χ4n) is 2.41. The van der Waals surface area contributed by atoms with E-state index in [1.807, 2.05) is 13.8 Å². The van der Waals surface area contributed by atoms with Gasteiger partial charge in [0, 0.05) is 18.7 Å². The minimum Gasteiger partial charge on any atom is -0.442 e. The number of carbonyl (C=O) groups is 1. The van der Waals surface area contributed by atoms with Crippen molar-refractivity contribution in [3.05, 3.63) is 17.7 Å². The molecule has 0 bridgehead atoms. The normalized spacial score (nSPS) is 17.5. The Morgan fingerprint density at radius 2 is 2.00 bits per heavy atom. The molecule has 0 aromatic carbocycles. The van der Waals surface area contributed by atoms with Crippen LogP contribution in [0.15, 0.2) is 6.33 Å². The Kier molecular flexibility index (Phi) is 7.97. The Labute approximate surface area is 157 Å². The third kappa shape index (κ3) is 7.16. The highest BCUT2D eigenvalue weighted by molar-refractivity contribution is 6.22. The molecule has 2 rings (SSSR count). The van der Waals surface area contributed by atoms with E-state index < -0.39 is 30.1 Å². The van der Waals surface area contributed by atoms with Gasteiger partial charge in [0.1, 0.15) is 6.61 Å². The van der Waals surface area contributed by atoms with Crippen LogP contribution >= 0.6 is 23.2 Å². The second-order valence-corrected chi connectivity index (χ2v) is 6.95. The van der Waals surface area contributed by atoms with Crippen LogP contribution < -0.4 is 0 Å². The lowest BCUT2D eigenvalue weighted by Crippen LogP contribution is -2.43. The SMILES string of the molecule is CC(C)C1c2nc[nH]c2CCN1C(=O)OCC(F)(F)Cl.OCC(F)(F)Cl. The number of aliphatic hydroxyl groups is 1. The second kappa shape index (κ2) is 9.09. The first kappa shape index (κ1) is 22.8. The van der Waals surface area contributed by atoms with E-state index in [0.29, 0.717) is 13.0 Å². The van der Waals surface area contributed by atoms with E-state index in [4.69, 9.17) is 16.7 Å². The third-order valence-corrected chi connectivity index (χ3v) is 3.60. The van der Waals surface area contributed by atoms with E-state index >= 15 is 0 Å². The first-order valence-electron chi connectivity index (χ1n) is 7.55. The maximum Gasteiger partial charge on any atom is 0.410 e. The summed E-state index contributed by atoms with van der Waals surface area (Å²) >= 11 is 8.87. The van der Waals surface area contributed by atoms with Gasteiger partial charge in [-0.25, -0.2) is 9.78 Å². The summed E-state index contributed by atoms with van der Waals surface area (Å²) in [7, 11) is 0. The van der Waals surface area contributed by atoms with Crippen molar-refractivity contribution in [1.82, 2.24) is 14.9 Å². The molecular weight excluding hydrogens is 405 g/mol. The van der Waals surface area contributed by atoms with E-state index in [2.05, 4.69) is 26.3 Å². The topological polar surface area (TPSA) is 78.5 Å². The summed E-state index contributed by atoms with van der Waals surface area (Å²) in [4.78, 5) is 20.6. The van der Waals surface area contributed by atoms with Crippen LogP contribution in [-0.4, -0.2) is 56.6 Å². The van der Waals surface area contributed by atoms with Gasteiger partial charge in [-0.15, -0.1) is 0 Å². The van der Waals surface area contributed by atoms with E-state index in [-0.39, 0.29) is 12.0 Å². The molecule has 1 aliphatic rings. The number of rotatable bonds is 4. The Bertz CT molecular complexity index is 591. The Morgan fingerprint density at radius 1 is 1.42 bits per heavy atom. The fourth-order valence-corrected chi connectivity index (χ4v) is 2.47. The highest BCUT2D eigenvalue weighted by Gasteiger charge is 2.37. The number of fused-ring (bicyclic) bond motifs is 1. The average molecular weight is 424 g/mol. The van der Waals surface area contributed by atoms with Gasteiger partial charge in [0.2, 0.25) is 0 Å². The number of imidazole rings is 1. The Balaban J connectivity index is 0.000000487.